The molecule has 1 N–H and O–H groups in total. The van der Waals surface area contributed by atoms with Crippen LogP contribution in [0.25, 0.3) is 5.69 Å². The number of hydrogen-bond donors (Lipinski definition) is 1. The molecule has 0 radical (unpaired) electrons. The predicted molar refractivity (Wildman–Crippen MR) is 100 cm³/mol. The number of amides is 1. The second kappa shape index (κ2) is 8.18. The number of aromatic nitrogens is 2. The van der Waals surface area contributed by atoms with Crippen molar-refractivity contribution in [3.05, 3.63) is 76.2 Å². The molecule has 25 heavy (non-hydrogen) atoms. The Hall–Kier alpha value is -2.31. The van der Waals surface area contributed by atoms with E-state index in [4.69, 9.17) is 16.3 Å². The molecule has 0 aliphatic heterocycles. The minimum atomic E-state index is -0.206. The Labute approximate surface area is 158 Å². The van der Waals surface area contributed by atoms with Crippen molar-refractivity contribution in [3.8, 4) is 11.4 Å². The largest absolute Gasteiger partial charge is 0.483 e. The van der Waals surface area contributed by atoms with Crippen molar-refractivity contribution in [2.45, 2.75) is 6.54 Å². The molecule has 0 fully saturated rings. The lowest BCUT2D eigenvalue weighted by molar-refractivity contribution is -0.123. The molecule has 0 atom stereocenters. The smallest absolute Gasteiger partial charge is 0.258 e. The molecule has 7 heteroatoms. The zero-order chi connectivity index (χ0) is 17.6. The van der Waals surface area contributed by atoms with Gasteiger partial charge in [-0.05, 0) is 45.8 Å². The molecule has 0 spiro atoms. The van der Waals surface area contributed by atoms with E-state index >= 15 is 0 Å². The normalized spacial score (nSPS) is 10.5. The van der Waals surface area contributed by atoms with E-state index in [0.717, 1.165) is 11.3 Å². The second-order valence-corrected chi connectivity index (χ2v) is 6.53. The highest BCUT2D eigenvalue weighted by atomic mass is 79.9. The first-order chi connectivity index (χ1) is 12.1. The van der Waals surface area contributed by atoms with Crippen LogP contribution in [0, 0.1) is 0 Å². The molecular formula is C18H15BrClN3O2. The first-order valence-corrected chi connectivity index (χ1v) is 8.71. The SMILES string of the molecule is O=C(COc1ccc(Cl)cc1Br)NCc1ccccc1-n1ccnc1. The molecule has 0 aliphatic carbocycles. The highest BCUT2D eigenvalue weighted by Gasteiger charge is 2.08. The Bertz CT molecular complexity index is 869. The lowest BCUT2D eigenvalue weighted by Crippen LogP contribution is -2.28. The van der Waals surface area contributed by atoms with Crippen LogP contribution in [0.1, 0.15) is 5.56 Å². The summed E-state index contributed by atoms with van der Waals surface area (Å²) >= 11 is 9.24. The number of nitrogens with zero attached hydrogens (tertiary/aromatic N) is 2. The molecule has 3 rings (SSSR count). The Morgan fingerprint density at radius 3 is 2.88 bits per heavy atom. The number of rotatable bonds is 6. The summed E-state index contributed by atoms with van der Waals surface area (Å²) in [5.41, 5.74) is 1.96. The first kappa shape index (κ1) is 17.5. The third-order valence-electron chi connectivity index (χ3n) is 3.50. The maximum atomic E-state index is 12.1. The molecule has 2 aromatic carbocycles. The average Bonchev–Trinajstić information content (AvgIpc) is 3.14. The maximum absolute atomic E-state index is 12.1. The number of benzene rings is 2. The van der Waals surface area contributed by atoms with Gasteiger partial charge >= 0.3 is 0 Å². The number of nitrogens with one attached hydrogen (secondary N) is 1. The van der Waals surface area contributed by atoms with Crippen LogP contribution in [0.15, 0.2) is 65.7 Å². The van der Waals surface area contributed by atoms with E-state index in [9.17, 15) is 4.79 Å². The van der Waals surface area contributed by atoms with Crippen molar-refractivity contribution in [3.63, 3.8) is 0 Å². The molecule has 5 nitrogen and oxygen atoms in total. The number of ether oxygens (including phenoxy) is 1. The van der Waals surface area contributed by atoms with Gasteiger partial charge in [-0.2, -0.15) is 0 Å². The van der Waals surface area contributed by atoms with Crippen LogP contribution in [-0.4, -0.2) is 22.1 Å². The summed E-state index contributed by atoms with van der Waals surface area (Å²) in [6.07, 6.45) is 5.30. The lowest BCUT2D eigenvalue weighted by Gasteiger charge is -2.12. The Balaban J connectivity index is 1.58. The fourth-order valence-electron chi connectivity index (χ4n) is 2.29. The molecule has 1 heterocycles. The Morgan fingerprint density at radius 1 is 1.28 bits per heavy atom. The Kier molecular flexibility index (Phi) is 5.73. The molecule has 0 bridgehead atoms. The number of para-hydroxylation sites is 1. The van der Waals surface area contributed by atoms with Crippen LogP contribution in [0.3, 0.4) is 0 Å². The van der Waals surface area contributed by atoms with Gasteiger partial charge < -0.3 is 14.6 Å². The second-order valence-electron chi connectivity index (χ2n) is 5.24. The van der Waals surface area contributed by atoms with E-state index in [-0.39, 0.29) is 12.5 Å². The van der Waals surface area contributed by atoms with Crippen molar-refractivity contribution in [2.75, 3.05) is 6.61 Å². The van der Waals surface area contributed by atoms with Gasteiger partial charge in [0.25, 0.3) is 5.91 Å². The summed E-state index contributed by atoms with van der Waals surface area (Å²) in [6.45, 7) is 0.325. The molecule has 0 saturated carbocycles. The van der Waals surface area contributed by atoms with Crippen molar-refractivity contribution in [2.24, 2.45) is 0 Å². The molecule has 1 aromatic heterocycles. The highest BCUT2D eigenvalue weighted by Crippen LogP contribution is 2.27. The molecule has 0 aliphatic rings. The van der Waals surface area contributed by atoms with Crippen molar-refractivity contribution < 1.29 is 9.53 Å². The third-order valence-corrected chi connectivity index (χ3v) is 4.36. The summed E-state index contributed by atoms with van der Waals surface area (Å²) < 4.78 is 8.12. The lowest BCUT2D eigenvalue weighted by atomic mass is 10.1. The van der Waals surface area contributed by atoms with Gasteiger partial charge in [0.05, 0.1) is 16.5 Å². The van der Waals surface area contributed by atoms with Gasteiger partial charge in [-0.3, -0.25) is 4.79 Å². The van der Waals surface area contributed by atoms with Crippen molar-refractivity contribution in [1.82, 2.24) is 14.9 Å². The Morgan fingerprint density at radius 2 is 2.12 bits per heavy atom. The van der Waals surface area contributed by atoms with Crippen molar-refractivity contribution >= 4 is 33.4 Å². The van der Waals surface area contributed by atoms with Crippen LogP contribution in [0.2, 0.25) is 5.02 Å². The average molecular weight is 421 g/mol. The molecule has 128 valence electrons. The van der Waals surface area contributed by atoms with Crippen LogP contribution >= 0.6 is 27.5 Å². The molecular weight excluding hydrogens is 406 g/mol. The van der Waals surface area contributed by atoms with E-state index in [1.807, 2.05) is 35.0 Å². The molecule has 0 unspecified atom stereocenters. The molecule has 1 amide bonds. The predicted octanol–water partition coefficient (Wildman–Crippen LogP) is 3.98. The van der Waals surface area contributed by atoms with Crippen LogP contribution in [0.4, 0.5) is 0 Å². The fourth-order valence-corrected chi connectivity index (χ4v) is 3.09. The van der Waals surface area contributed by atoms with E-state index < -0.39 is 0 Å². The summed E-state index contributed by atoms with van der Waals surface area (Å²) in [5.74, 6) is 0.362. The summed E-state index contributed by atoms with van der Waals surface area (Å²) in [4.78, 5) is 16.1. The summed E-state index contributed by atoms with van der Waals surface area (Å²) in [6, 6.07) is 13.0. The van der Waals surface area contributed by atoms with Gasteiger partial charge in [0, 0.05) is 24.0 Å². The number of carbonyl (C=O) groups is 1. The molecule has 3 aromatic rings. The van der Waals surface area contributed by atoms with Gasteiger partial charge in [0.15, 0.2) is 6.61 Å². The zero-order valence-corrected chi connectivity index (χ0v) is 15.5. The van der Waals surface area contributed by atoms with Crippen LogP contribution in [-0.2, 0) is 11.3 Å². The van der Waals surface area contributed by atoms with Gasteiger partial charge in [-0.25, -0.2) is 4.98 Å². The molecule has 0 saturated heterocycles. The number of carbonyl (C=O) groups excluding carboxylic acids is 1. The topological polar surface area (TPSA) is 56.1 Å². The standard InChI is InChI=1S/C18H15BrClN3O2/c19-15-9-14(20)5-6-17(15)25-11-18(24)22-10-13-3-1-2-4-16(13)23-8-7-21-12-23/h1-9,12H,10-11H2,(H,22,24). The number of hydrogen-bond acceptors (Lipinski definition) is 3. The van der Waals surface area contributed by atoms with Crippen molar-refractivity contribution in [1.29, 1.82) is 0 Å². The van der Waals surface area contributed by atoms with Gasteiger partial charge in [-0.15, -0.1) is 0 Å². The van der Waals surface area contributed by atoms with E-state index in [1.165, 1.54) is 0 Å². The highest BCUT2D eigenvalue weighted by molar-refractivity contribution is 9.10. The fraction of sp³-hybridized carbons (Fsp3) is 0.111. The third kappa shape index (κ3) is 4.61. The number of halogens is 2. The number of imidazole rings is 1. The van der Waals surface area contributed by atoms with Gasteiger partial charge in [0.1, 0.15) is 5.75 Å². The van der Waals surface area contributed by atoms with E-state index in [2.05, 4.69) is 26.2 Å². The van der Waals surface area contributed by atoms with Crippen LogP contribution in [0.5, 0.6) is 5.75 Å². The monoisotopic (exact) mass is 419 g/mol. The summed E-state index contributed by atoms with van der Waals surface area (Å²) in [7, 11) is 0. The van der Waals surface area contributed by atoms with E-state index in [0.29, 0.717) is 21.8 Å². The van der Waals surface area contributed by atoms with Gasteiger partial charge in [-0.1, -0.05) is 29.8 Å². The first-order valence-electron chi connectivity index (χ1n) is 7.54. The minimum absolute atomic E-state index is 0.0759. The minimum Gasteiger partial charge on any atom is -0.483 e. The quantitative estimate of drug-likeness (QED) is 0.656. The van der Waals surface area contributed by atoms with Gasteiger partial charge in [0.2, 0.25) is 0 Å². The van der Waals surface area contributed by atoms with Crippen LogP contribution < -0.4 is 10.1 Å². The summed E-state index contributed by atoms with van der Waals surface area (Å²) in [5, 5.41) is 3.46. The van der Waals surface area contributed by atoms with E-state index in [1.54, 1.807) is 30.7 Å². The maximum Gasteiger partial charge on any atom is 0.258 e. The zero-order valence-electron chi connectivity index (χ0n) is 13.2.